The largest absolute Gasteiger partial charge is 0.493 e. The number of alkyl halides is 6. The maximum Gasteiger partial charge on any atom is 0.419 e. The molecule has 12 heteroatoms. The van der Waals surface area contributed by atoms with Crippen molar-refractivity contribution < 1.29 is 45.3 Å². The molecule has 2 aromatic rings. The van der Waals surface area contributed by atoms with Crippen LogP contribution in [0.15, 0.2) is 42.6 Å². The average molecular weight is 490 g/mol. The Hall–Kier alpha value is -2.86. The monoisotopic (exact) mass is 490 g/mol. The number of fused-ring (bicyclic) bond motifs is 1. The van der Waals surface area contributed by atoms with Gasteiger partial charge in [0.25, 0.3) is 5.91 Å². The zero-order valence-electron chi connectivity index (χ0n) is 17.7. The normalized spacial score (nSPS) is 23.0. The first kappa shape index (κ1) is 24.3. The molecule has 2 aliphatic rings. The SMILES string of the molecule is O=C(c1ccc(OCCC(F)(F)F)c(C(F)(F)F)c1)N1CC[C@]2(c3ccccn3)OCOC2C1. The van der Waals surface area contributed by atoms with Gasteiger partial charge in [0, 0.05) is 24.7 Å². The van der Waals surface area contributed by atoms with Gasteiger partial charge in [0.05, 0.1) is 30.8 Å². The van der Waals surface area contributed by atoms with E-state index in [1.54, 1.807) is 24.4 Å². The van der Waals surface area contributed by atoms with Crippen LogP contribution in [0, 0.1) is 0 Å². The zero-order chi connectivity index (χ0) is 24.6. The molecule has 1 amide bonds. The summed E-state index contributed by atoms with van der Waals surface area (Å²) < 4.78 is 93.8. The van der Waals surface area contributed by atoms with Crippen LogP contribution in [-0.4, -0.2) is 54.6 Å². The van der Waals surface area contributed by atoms with E-state index in [4.69, 9.17) is 14.2 Å². The molecule has 184 valence electrons. The van der Waals surface area contributed by atoms with E-state index in [-0.39, 0.29) is 25.4 Å². The van der Waals surface area contributed by atoms with Crippen molar-refractivity contribution in [1.29, 1.82) is 0 Å². The smallest absolute Gasteiger partial charge is 0.419 e. The van der Waals surface area contributed by atoms with E-state index < -0.39 is 54.3 Å². The molecule has 2 atom stereocenters. The van der Waals surface area contributed by atoms with Gasteiger partial charge in [-0.3, -0.25) is 9.78 Å². The number of likely N-dealkylation sites (tertiary alicyclic amines) is 1. The van der Waals surface area contributed by atoms with Gasteiger partial charge in [0.2, 0.25) is 0 Å². The van der Waals surface area contributed by atoms with Crippen molar-refractivity contribution in [3.8, 4) is 5.75 Å². The zero-order valence-corrected chi connectivity index (χ0v) is 17.7. The molecule has 2 fully saturated rings. The summed E-state index contributed by atoms with van der Waals surface area (Å²) in [5.41, 5.74) is -1.80. The maximum atomic E-state index is 13.5. The highest BCUT2D eigenvalue weighted by Crippen LogP contribution is 2.42. The van der Waals surface area contributed by atoms with Crippen LogP contribution >= 0.6 is 0 Å². The predicted molar refractivity (Wildman–Crippen MR) is 105 cm³/mol. The highest BCUT2D eigenvalue weighted by atomic mass is 19.4. The molecule has 0 saturated carbocycles. The maximum absolute atomic E-state index is 13.5. The van der Waals surface area contributed by atoms with E-state index >= 15 is 0 Å². The summed E-state index contributed by atoms with van der Waals surface area (Å²) in [6, 6.07) is 7.89. The van der Waals surface area contributed by atoms with Crippen molar-refractivity contribution in [2.45, 2.75) is 36.9 Å². The second kappa shape index (κ2) is 9.06. The van der Waals surface area contributed by atoms with E-state index in [1.807, 2.05) is 0 Å². The topological polar surface area (TPSA) is 60.9 Å². The fourth-order valence-corrected chi connectivity index (χ4v) is 4.11. The molecule has 0 radical (unpaired) electrons. The molecule has 1 aromatic carbocycles. The van der Waals surface area contributed by atoms with Gasteiger partial charge in [-0.15, -0.1) is 0 Å². The van der Waals surface area contributed by atoms with Gasteiger partial charge in [-0.25, -0.2) is 0 Å². The molecule has 1 unspecified atom stereocenters. The Labute approximate surface area is 190 Å². The number of hydrogen-bond donors (Lipinski definition) is 0. The van der Waals surface area contributed by atoms with Crippen LogP contribution in [0.5, 0.6) is 5.75 Å². The van der Waals surface area contributed by atoms with Crippen molar-refractivity contribution in [3.05, 3.63) is 59.4 Å². The van der Waals surface area contributed by atoms with Crippen LogP contribution in [0.25, 0.3) is 0 Å². The van der Waals surface area contributed by atoms with E-state index in [1.165, 1.54) is 4.90 Å². The number of amides is 1. The van der Waals surface area contributed by atoms with Crippen molar-refractivity contribution >= 4 is 5.91 Å². The second-order valence-electron chi connectivity index (χ2n) is 7.95. The minimum absolute atomic E-state index is 0.00848. The van der Waals surface area contributed by atoms with Crippen molar-refractivity contribution in [1.82, 2.24) is 9.88 Å². The lowest BCUT2D eigenvalue weighted by Crippen LogP contribution is -2.53. The lowest BCUT2D eigenvalue weighted by atomic mass is 9.85. The molecule has 1 aromatic heterocycles. The Kier molecular flexibility index (Phi) is 6.47. The van der Waals surface area contributed by atoms with Gasteiger partial charge >= 0.3 is 12.4 Å². The van der Waals surface area contributed by atoms with Crippen molar-refractivity contribution in [2.75, 3.05) is 26.5 Å². The molecule has 6 nitrogen and oxygen atoms in total. The van der Waals surface area contributed by atoms with Crippen LogP contribution in [0.4, 0.5) is 26.3 Å². The van der Waals surface area contributed by atoms with Crippen LogP contribution in [0.2, 0.25) is 0 Å². The molecule has 4 rings (SSSR count). The van der Waals surface area contributed by atoms with E-state index in [0.29, 0.717) is 18.2 Å². The number of rotatable bonds is 5. The number of hydrogen-bond acceptors (Lipinski definition) is 5. The number of carbonyl (C=O) groups excluding carboxylic acids is 1. The summed E-state index contributed by atoms with van der Waals surface area (Å²) in [6.45, 7) is -0.729. The van der Waals surface area contributed by atoms with Gasteiger partial charge in [0.15, 0.2) is 0 Å². The molecule has 2 saturated heterocycles. The van der Waals surface area contributed by atoms with Gasteiger partial charge < -0.3 is 19.1 Å². The highest BCUT2D eigenvalue weighted by molar-refractivity contribution is 5.94. The number of carbonyl (C=O) groups is 1. The third-order valence-corrected chi connectivity index (χ3v) is 5.81. The minimum atomic E-state index is -4.93. The molecule has 34 heavy (non-hydrogen) atoms. The first-order valence-corrected chi connectivity index (χ1v) is 10.4. The molecular formula is C22H20F6N2O4. The van der Waals surface area contributed by atoms with E-state index in [9.17, 15) is 31.1 Å². The summed E-state index contributed by atoms with van der Waals surface area (Å²) >= 11 is 0. The van der Waals surface area contributed by atoms with Crippen LogP contribution in [-0.2, 0) is 21.3 Å². The van der Waals surface area contributed by atoms with E-state index in [0.717, 1.165) is 12.1 Å². The lowest BCUT2D eigenvalue weighted by Gasteiger charge is -2.41. The number of piperidine rings is 1. The highest BCUT2D eigenvalue weighted by Gasteiger charge is 2.52. The first-order valence-electron chi connectivity index (χ1n) is 10.4. The molecule has 2 aliphatic heterocycles. The number of halogens is 6. The Balaban J connectivity index is 1.52. The molecule has 0 aliphatic carbocycles. The van der Waals surface area contributed by atoms with Gasteiger partial charge in [-0.1, -0.05) is 6.07 Å². The fraction of sp³-hybridized carbons (Fsp3) is 0.455. The first-order chi connectivity index (χ1) is 16.0. The summed E-state index contributed by atoms with van der Waals surface area (Å²) in [6.07, 6.45) is -9.53. The summed E-state index contributed by atoms with van der Waals surface area (Å²) in [4.78, 5) is 18.7. The van der Waals surface area contributed by atoms with Crippen LogP contribution < -0.4 is 4.74 Å². The number of pyridine rings is 1. The van der Waals surface area contributed by atoms with Crippen LogP contribution in [0.3, 0.4) is 0 Å². The summed E-state index contributed by atoms with van der Waals surface area (Å²) in [5, 5.41) is 0. The van der Waals surface area contributed by atoms with Crippen molar-refractivity contribution in [3.63, 3.8) is 0 Å². The predicted octanol–water partition coefficient (Wildman–Crippen LogP) is 4.55. The summed E-state index contributed by atoms with van der Waals surface area (Å²) in [7, 11) is 0. The standard InChI is InChI=1S/C22H20F6N2O4/c23-21(24,25)7-10-32-16-5-4-14(11-15(16)22(26,27)28)19(31)30-9-6-20(17-3-1-2-8-29-17)18(12-30)33-13-34-20/h1-5,8,11,18H,6-7,9-10,12-13H2/t18?,20-/m1/s1. The van der Waals surface area contributed by atoms with Gasteiger partial charge in [0.1, 0.15) is 24.2 Å². The fourth-order valence-electron chi connectivity index (χ4n) is 4.11. The Morgan fingerprint density at radius 3 is 2.65 bits per heavy atom. The van der Waals surface area contributed by atoms with Gasteiger partial charge in [-0.2, -0.15) is 26.3 Å². The average Bonchev–Trinajstić information content (AvgIpc) is 3.22. The number of ether oxygens (including phenoxy) is 3. The number of benzene rings is 1. The molecule has 3 heterocycles. The van der Waals surface area contributed by atoms with Crippen molar-refractivity contribution in [2.24, 2.45) is 0 Å². The Bertz CT molecular complexity index is 1030. The van der Waals surface area contributed by atoms with E-state index in [2.05, 4.69) is 4.98 Å². The summed E-state index contributed by atoms with van der Waals surface area (Å²) in [5.74, 6) is -1.44. The molecule has 0 bridgehead atoms. The lowest BCUT2D eigenvalue weighted by molar-refractivity contribution is -0.143. The van der Waals surface area contributed by atoms with Gasteiger partial charge in [-0.05, 0) is 30.3 Å². The minimum Gasteiger partial charge on any atom is -0.493 e. The Morgan fingerprint density at radius 1 is 1.18 bits per heavy atom. The molecule has 0 spiro atoms. The Morgan fingerprint density at radius 2 is 1.97 bits per heavy atom. The second-order valence-corrected chi connectivity index (χ2v) is 7.95. The number of aromatic nitrogens is 1. The third kappa shape index (κ3) is 4.97. The molecular weight excluding hydrogens is 470 g/mol. The van der Waals surface area contributed by atoms with Crippen LogP contribution in [0.1, 0.15) is 34.5 Å². The quantitative estimate of drug-likeness (QED) is 0.576. The number of nitrogens with zero attached hydrogens (tertiary/aromatic N) is 2. The molecule has 0 N–H and O–H groups in total. The third-order valence-electron chi connectivity index (χ3n) is 5.81.